The molecule has 0 aromatic heterocycles. The smallest absolute Gasteiger partial charge is 0.0860 e. The number of nitrogens with one attached hydrogen (secondary N) is 1. The molecule has 2 rings (SSSR count). The molecule has 0 spiro atoms. The van der Waals surface area contributed by atoms with Crippen LogP contribution in [-0.4, -0.2) is 13.2 Å². The lowest BCUT2D eigenvalue weighted by molar-refractivity contribution is 0.0894. The third kappa shape index (κ3) is 1.86. The van der Waals surface area contributed by atoms with E-state index in [-0.39, 0.29) is 6.10 Å². The molecule has 0 saturated heterocycles. The fourth-order valence-corrected chi connectivity index (χ4v) is 2.23. The quantitative estimate of drug-likeness (QED) is 0.760. The molecule has 2 nitrogen and oxygen atoms in total. The molecule has 0 bridgehead atoms. The van der Waals surface area contributed by atoms with Crippen molar-refractivity contribution in [3.8, 4) is 0 Å². The number of rotatable bonds is 1. The third-order valence-electron chi connectivity index (χ3n) is 3.27. The predicted octanol–water partition coefficient (Wildman–Crippen LogP) is 3.20. The van der Waals surface area contributed by atoms with Crippen molar-refractivity contribution >= 4 is 5.69 Å². The number of methoxy groups -OCH3 is 1. The molecule has 0 radical (unpaired) electrons. The van der Waals surface area contributed by atoms with Gasteiger partial charge in [-0.3, -0.25) is 0 Å². The van der Waals surface area contributed by atoms with Crippen LogP contribution < -0.4 is 5.32 Å². The second kappa shape index (κ2) is 3.86. The Balaban J connectivity index is 2.47. The van der Waals surface area contributed by atoms with Gasteiger partial charge in [0.15, 0.2) is 0 Å². The van der Waals surface area contributed by atoms with Gasteiger partial charge in [0.1, 0.15) is 0 Å². The van der Waals surface area contributed by atoms with Crippen molar-refractivity contribution in [3.05, 3.63) is 28.8 Å². The maximum absolute atomic E-state index is 5.54. The number of aryl methyl sites for hydroxylation is 2. The first-order chi connectivity index (χ1) is 7.11. The van der Waals surface area contributed by atoms with Crippen molar-refractivity contribution in [1.82, 2.24) is 0 Å². The van der Waals surface area contributed by atoms with Gasteiger partial charge >= 0.3 is 0 Å². The summed E-state index contributed by atoms with van der Waals surface area (Å²) >= 11 is 0. The van der Waals surface area contributed by atoms with Gasteiger partial charge in [-0.2, -0.15) is 0 Å². The first-order valence-corrected chi connectivity index (χ1v) is 5.52. The van der Waals surface area contributed by atoms with Crippen LogP contribution in [0.2, 0.25) is 0 Å². The van der Waals surface area contributed by atoms with Gasteiger partial charge in [0.25, 0.3) is 0 Å². The van der Waals surface area contributed by atoms with E-state index in [0.717, 1.165) is 6.42 Å². The maximum Gasteiger partial charge on any atom is 0.0860 e. The summed E-state index contributed by atoms with van der Waals surface area (Å²) in [5.41, 5.74) is 5.22. The van der Waals surface area contributed by atoms with E-state index < -0.39 is 0 Å². The minimum Gasteiger partial charge on any atom is -0.382 e. The van der Waals surface area contributed by atoms with Gasteiger partial charge < -0.3 is 10.1 Å². The van der Waals surface area contributed by atoms with E-state index >= 15 is 0 Å². The van der Waals surface area contributed by atoms with Gasteiger partial charge in [-0.05, 0) is 44.4 Å². The Labute approximate surface area is 91.6 Å². The molecule has 15 heavy (non-hydrogen) atoms. The number of hydrogen-bond donors (Lipinski definition) is 1. The lowest BCUT2D eigenvalue weighted by Crippen LogP contribution is -2.26. The van der Waals surface area contributed by atoms with Gasteiger partial charge in [-0.25, -0.2) is 0 Å². The highest BCUT2D eigenvalue weighted by Crippen LogP contribution is 2.36. The van der Waals surface area contributed by atoms with Crippen LogP contribution in [0.5, 0.6) is 0 Å². The standard InChI is InChI=1S/C13H19NO/c1-8-5-11-12(6-9(8)2)14-10(3)7-13(11)15-4/h5-6,10,13-14H,7H2,1-4H3. The molecule has 1 aromatic carbocycles. The zero-order valence-corrected chi connectivity index (χ0v) is 9.92. The van der Waals surface area contributed by atoms with E-state index in [9.17, 15) is 0 Å². The number of ether oxygens (including phenoxy) is 1. The summed E-state index contributed by atoms with van der Waals surface area (Å²) in [6.07, 6.45) is 1.29. The number of benzene rings is 1. The summed E-state index contributed by atoms with van der Waals surface area (Å²) in [4.78, 5) is 0. The van der Waals surface area contributed by atoms with Crippen molar-refractivity contribution < 1.29 is 4.74 Å². The Morgan fingerprint density at radius 3 is 2.60 bits per heavy atom. The van der Waals surface area contributed by atoms with Crippen LogP contribution in [0.15, 0.2) is 12.1 Å². The molecule has 0 amide bonds. The van der Waals surface area contributed by atoms with Crippen molar-refractivity contribution in [2.45, 2.75) is 39.3 Å². The maximum atomic E-state index is 5.54. The summed E-state index contributed by atoms with van der Waals surface area (Å²) in [5, 5.41) is 3.51. The second-order valence-electron chi connectivity index (χ2n) is 4.53. The van der Waals surface area contributed by atoms with Crippen LogP contribution in [-0.2, 0) is 4.74 Å². The first kappa shape index (κ1) is 10.5. The molecule has 82 valence electrons. The van der Waals surface area contributed by atoms with Gasteiger partial charge in [-0.15, -0.1) is 0 Å². The van der Waals surface area contributed by atoms with E-state index in [4.69, 9.17) is 4.74 Å². The van der Waals surface area contributed by atoms with Crippen molar-refractivity contribution in [3.63, 3.8) is 0 Å². The topological polar surface area (TPSA) is 21.3 Å². The van der Waals surface area contributed by atoms with E-state index in [1.165, 1.54) is 22.4 Å². The minimum atomic E-state index is 0.246. The highest BCUT2D eigenvalue weighted by Gasteiger charge is 2.24. The van der Waals surface area contributed by atoms with E-state index in [1.54, 1.807) is 7.11 Å². The third-order valence-corrected chi connectivity index (χ3v) is 3.27. The first-order valence-electron chi connectivity index (χ1n) is 5.52. The zero-order chi connectivity index (χ0) is 11.0. The Hall–Kier alpha value is -1.02. The van der Waals surface area contributed by atoms with Gasteiger partial charge in [-0.1, -0.05) is 6.07 Å². The van der Waals surface area contributed by atoms with Crippen LogP contribution in [0.4, 0.5) is 5.69 Å². The van der Waals surface area contributed by atoms with Crippen molar-refractivity contribution in [2.75, 3.05) is 12.4 Å². The molecule has 0 saturated carbocycles. The van der Waals surface area contributed by atoms with Crippen LogP contribution in [0.25, 0.3) is 0 Å². The van der Waals surface area contributed by atoms with E-state index in [2.05, 4.69) is 38.2 Å². The molecule has 1 aliphatic heterocycles. The number of anilines is 1. The van der Waals surface area contributed by atoms with Crippen LogP contribution >= 0.6 is 0 Å². The molecule has 0 aliphatic carbocycles. The lowest BCUT2D eigenvalue weighted by Gasteiger charge is -2.31. The molecule has 2 heteroatoms. The minimum absolute atomic E-state index is 0.246. The van der Waals surface area contributed by atoms with Crippen molar-refractivity contribution in [2.24, 2.45) is 0 Å². The fraction of sp³-hybridized carbons (Fsp3) is 0.538. The summed E-state index contributed by atoms with van der Waals surface area (Å²) in [6.45, 7) is 6.50. The molecule has 1 heterocycles. The molecular weight excluding hydrogens is 186 g/mol. The summed E-state index contributed by atoms with van der Waals surface area (Å²) in [5.74, 6) is 0. The molecule has 1 aromatic rings. The van der Waals surface area contributed by atoms with E-state index in [1.807, 2.05) is 0 Å². The Kier molecular flexibility index (Phi) is 2.70. The Morgan fingerprint density at radius 1 is 1.27 bits per heavy atom. The average molecular weight is 205 g/mol. The largest absolute Gasteiger partial charge is 0.382 e. The average Bonchev–Trinajstić information content (AvgIpc) is 2.19. The SMILES string of the molecule is COC1CC(C)Nc2cc(C)c(C)cc21. The second-order valence-corrected chi connectivity index (χ2v) is 4.53. The zero-order valence-electron chi connectivity index (χ0n) is 9.92. The van der Waals surface area contributed by atoms with Crippen molar-refractivity contribution in [1.29, 1.82) is 0 Å². The highest BCUT2D eigenvalue weighted by molar-refractivity contribution is 5.58. The fourth-order valence-electron chi connectivity index (χ4n) is 2.23. The molecular formula is C13H19NO. The summed E-state index contributed by atoms with van der Waals surface area (Å²) < 4.78 is 5.54. The summed E-state index contributed by atoms with van der Waals surface area (Å²) in [6, 6.07) is 4.97. The summed E-state index contributed by atoms with van der Waals surface area (Å²) in [7, 11) is 1.79. The highest BCUT2D eigenvalue weighted by atomic mass is 16.5. The normalized spacial score (nSPS) is 24.5. The Morgan fingerprint density at radius 2 is 1.93 bits per heavy atom. The predicted molar refractivity (Wildman–Crippen MR) is 63.4 cm³/mol. The molecule has 2 unspecified atom stereocenters. The lowest BCUT2D eigenvalue weighted by atomic mass is 9.92. The molecule has 2 atom stereocenters. The monoisotopic (exact) mass is 205 g/mol. The van der Waals surface area contributed by atoms with Crippen LogP contribution in [0.1, 0.15) is 36.1 Å². The molecule has 1 aliphatic rings. The van der Waals surface area contributed by atoms with Gasteiger partial charge in [0, 0.05) is 24.4 Å². The molecule has 1 N–H and O–H groups in total. The van der Waals surface area contributed by atoms with Gasteiger partial charge in [0.05, 0.1) is 6.10 Å². The van der Waals surface area contributed by atoms with E-state index in [0.29, 0.717) is 6.04 Å². The number of hydrogen-bond acceptors (Lipinski definition) is 2. The number of fused-ring (bicyclic) bond motifs is 1. The van der Waals surface area contributed by atoms with Gasteiger partial charge in [0.2, 0.25) is 0 Å². The van der Waals surface area contributed by atoms with Crippen LogP contribution in [0, 0.1) is 13.8 Å². The molecule has 0 fully saturated rings. The van der Waals surface area contributed by atoms with Crippen LogP contribution in [0.3, 0.4) is 0 Å². The Bertz CT molecular complexity index is 373.